The average molecular weight is 399 g/mol. The molecule has 0 saturated carbocycles. The molecule has 0 radical (unpaired) electrons. The number of aromatic amines is 1. The van der Waals surface area contributed by atoms with E-state index in [1.165, 1.54) is 23.1 Å². The third-order valence-corrected chi connectivity index (χ3v) is 5.96. The number of rotatable bonds is 5. The fourth-order valence-electron chi connectivity index (χ4n) is 3.01. The first-order valence-corrected chi connectivity index (χ1v) is 10.6. The van der Waals surface area contributed by atoms with Gasteiger partial charge in [-0.2, -0.15) is 0 Å². The summed E-state index contributed by atoms with van der Waals surface area (Å²) < 4.78 is 0. The van der Waals surface area contributed by atoms with Crippen LogP contribution >= 0.6 is 23.1 Å². The second-order valence-corrected chi connectivity index (χ2v) is 8.07. The van der Waals surface area contributed by atoms with E-state index in [0.29, 0.717) is 10.3 Å². The van der Waals surface area contributed by atoms with Crippen LogP contribution in [0.25, 0.3) is 11.3 Å². The minimum absolute atomic E-state index is 0.0740. The zero-order valence-corrected chi connectivity index (χ0v) is 16.2. The van der Waals surface area contributed by atoms with Gasteiger partial charge in [-0.1, -0.05) is 42.1 Å². The molecule has 1 aliphatic rings. The largest absolute Gasteiger partial charge is 0.301 e. The topological polar surface area (TPSA) is 87.7 Å². The lowest BCUT2D eigenvalue weighted by atomic mass is 9.97. The molecule has 27 heavy (non-hydrogen) atoms. The van der Waals surface area contributed by atoms with Crippen molar-refractivity contribution in [2.75, 3.05) is 11.1 Å². The van der Waals surface area contributed by atoms with Crippen molar-refractivity contribution < 1.29 is 4.79 Å². The van der Waals surface area contributed by atoms with Crippen molar-refractivity contribution in [2.45, 2.75) is 30.8 Å². The SMILES string of the molecule is O=C(CSc1nc2c(c(=O)[nH]1)CCCC2)Nc1nc(-c2ccccc2)cs1. The molecule has 6 nitrogen and oxygen atoms in total. The van der Waals surface area contributed by atoms with Crippen LogP contribution in [0.2, 0.25) is 0 Å². The zero-order chi connectivity index (χ0) is 18.6. The molecule has 2 heterocycles. The number of amides is 1. The summed E-state index contributed by atoms with van der Waals surface area (Å²) in [5, 5.41) is 5.79. The van der Waals surface area contributed by atoms with Crippen LogP contribution in [0.3, 0.4) is 0 Å². The molecule has 2 N–H and O–H groups in total. The van der Waals surface area contributed by atoms with Crippen LogP contribution < -0.4 is 10.9 Å². The lowest BCUT2D eigenvalue weighted by molar-refractivity contribution is -0.113. The van der Waals surface area contributed by atoms with Crippen LogP contribution in [0.5, 0.6) is 0 Å². The second kappa shape index (κ2) is 8.06. The molecule has 0 saturated heterocycles. The highest BCUT2D eigenvalue weighted by Gasteiger charge is 2.16. The van der Waals surface area contributed by atoms with Gasteiger partial charge in [-0.15, -0.1) is 11.3 Å². The minimum atomic E-state index is -0.172. The molecule has 0 aliphatic heterocycles. The molecular weight excluding hydrogens is 380 g/mol. The lowest BCUT2D eigenvalue weighted by Gasteiger charge is -2.14. The van der Waals surface area contributed by atoms with Crippen LogP contribution in [0.1, 0.15) is 24.1 Å². The van der Waals surface area contributed by atoms with Gasteiger partial charge in [-0.05, 0) is 25.7 Å². The van der Waals surface area contributed by atoms with E-state index in [4.69, 9.17) is 0 Å². The molecule has 1 amide bonds. The summed E-state index contributed by atoms with van der Waals surface area (Å²) in [4.78, 5) is 36.1. The Kier molecular flexibility index (Phi) is 5.35. The Labute approximate surface area is 164 Å². The molecule has 0 atom stereocenters. The Morgan fingerprint density at radius 1 is 1.19 bits per heavy atom. The number of H-pyrrole nitrogens is 1. The average Bonchev–Trinajstić information content (AvgIpc) is 3.16. The maximum atomic E-state index is 12.2. The molecule has 3 aromatic rings. The number of benzene rings is 1. The zero-order valence-electron chi connectivity index (χ0n) is 14.5. The second-order valence-electron chi connectivity index (χ2n) is 6.24. The van der Waals surface area contributed by atoms with Crippen molar-refractivity contribution in [1.82, 2.24) is 15.0 Å². The number of carbonyl (C=O) groups is 1. The standard InChI is InChI=1S/C19H18N4O2S2/c24-16(22-18-21-15(10-26-18)12-6-2-1-3-7-12)11-27-19-20-14-9-5-4-8-13(14)17(25)23-19/h1-3,6-7,10H,4-5,8-9,11H2,(H,20,23,25)(H,21,22,24). The molecule has 2 aromatic heterocycles. The highest BCUT2D eigenvalue weighted by Crippen LogP contribution is 2.25. The molecule has 4 rings (SSSR count). The van der Waals surface area contributed by atoms with Gasteiger partial charge < -0.3 is 10.3 Å². The summed E-state index contributed by atoms with van der Waals surface area (Å²) in [5.74, 6) is -0.00329. The van der Waals surface area contributed by atoms with Crippen molar-refractivity contribution >= 4 is 34.1 Å². The predicted octanol–water partition coefficient (Wildman–Crippen LogP) is 3.50. The number of hydrogen-bond acceptors (Lipinski definition) is 6. The minimum Gasteiger partial charge on any atom is -0.301 e. The van der Waals surface area contributed by atoms with E-state index < -0.39 is 0 Å². The summed E-state index contributed by atoms with van der Waals surface area (Å²) in [6.07, 6.45) is 3.71. The van der Waals surface area contributed by atoms with Gasteiger partial charge in [0.25, 0.3) is 5.56 Å². The molecule has 0 fully saturated rings. The summed E-state index contributed by atoms with van der Waals surface area (Å²) in [6.45, 7) is 0. The molecule has 0 bridgehead atoms. The van der Waals surface area contributed by atoms with Crippen LogP contribution in [0.15, 0.2) is 45.7 Å². The first-order valence-electron chi connectivity index (χ1n) is 8.75. The molecule has 1 aromatic carbocycles. The van der Waals surface area contributed by atoms with E-state index >= 15 is 0 Å². The number of thiazole rings is 1. The molecule has 8 heteroatoms. The van der Waals surface area contributed by atoms with E-state index in [-0.39, 0.29) is 17.2 Å². The van der Waals surface area contributed by atoms with E-state index in [9.17, 15) is 9.59 Å². The highest BCUT2D eigenvalue weighted by molar-refractivity contribution is 7.99. The van der Waals surface area contributed by atoms with Crippen molar-refractivity contribution in [2.24, 2.45) is 0 Å². The van der Waals surface area contributed by atoms with Crippen LogP contribution in [0.4, 0.5) is 5.13 Å². The number of fused-ring (bicyclic) bond motifs is 1. The third-order valence-electron chi connectivity index (χ3n) is 4.33. The molecular formula is C19H18N4O2S2. The molecule has 0 spiro atoms. The van der Waals surface area contributed by atoms with Gasteiger partial charge in [0.15, 0.2) is 10.3 Å². The quantitative estimate of drug-likeness (QED) is 0.507. The van der Waals surface area contributed by atoms with Crippen molar-refractivity contribution in [3.8, 4) is 11.3 Å². The van der Waals surface area contributed by atoms with Crippen molar-refractivity contribution in [3.05, 3.63) is 57.3 Å². The smallest absolute Gasteiger partial charge is 0.254 e. The number of nitrogens with one attached hydrogen (secondary N) is 2. The number of anilines is 1. The lowest BCUT2D eigenvalue weighted by Crippen LogP contribution is -2.22. The van der Waals surface area contributed by atoms with E-state index in [0.717, 1.165) is 48.2 Å². The molecule has 138 valence electrons. The fourth-order valence-corrected chi connectivity index (χ4v) is 4.43. The Hall–Kier alpha value is -2.45. The summed E-state index contributed by atoms with van der Waals surface area (Å²) in [7, 11) is 0. The number of thioether (sulfide) groups is 1. The van der Waals surface area contributed by atoms with E-state index in [1.807, 2.05) is 35.7 Å². The van der Waals surface area contributed by atoms with Gasteiger partial charge >= 0.3 is 0 Å². The van der Waals surface area contributed by atoms with Gasteiger partial charge in [0.1, 0.15) is 0 Å². The number of nitrogens with zero attached hydrogens (tertiary/aromatic N) is 2. The molecule has 0 unspecified atom stereocenters. The number of hydrogen-bond donors (Lipinski definition) is 2. The molecule has 1 aliphatic carbocycles. The Balaban J connectivity index is 1.37. The van der Waals surface area contributed by atoms with Crippen molar-refractivity contribution in [1.29, 1.82) is 0 Å². The maximum Gasteiger partial charge on any atom is 0.254 e. The first kappa shape index (κ1) is 17.9. The van der Waals surface area contributed by atoms with Gasteiger partial charge in [0.2, 0.25) is 5.91 Å². The Bertz CT molecular complexity index is 1010. The van der Waals surface area contributed by atoms with Crippen LogP contribution in [0, 0.1) is 0 Å². The van der Waals surface area contributed by atoms with Gasteiger partial charge in [-0.25, -0.2) is 9.97 Å². The fraction of sp³-hybridized carbons (Fsp3) is 0.263. The van der Waals surface area contributed by atoms with Gasteiger partial charge in [0, 0.05) is 16.5 Å². The third kappa shape index (κ3) is 4.28. The van der Waals surface area contributed by atoms with E-state index in [2.05, 4.69) is 20.3 Å². The Morgan fingerprint density at radius 2 is 2.00 bits per heavy atom. The highest BCUT2D eigenvalue weighted by atomic mass is 32.2. The predicted molar refractivity (Wildman–Crippen MR) is 108 cm³/mol. The summed E-state index contributed by atoms with van der Waals surface area (Å²) in [5.41, 5.74) is 3.45. The number of aromatic nitrogens is 3. The van der Waals surface area contributed by atoms with Crippen molar-refractivity contribution in [3.63, 3.8) is 0 Å². The number of aryl methyl sites for hydroxylation is 1. The van der Waals surface area contributed by atoms with Gasteiger partial charge in [-0.3, -0.25) is 9.59 Å². The maximum absolute atomic E-state index is 12.2. The summed E-state index contributed by atoms with van der Waals surface area (Å²) >= 11 is 2.63. The monoisotopic (exact) mass is 398 g/mol. The van der Waals surface area contributed by atoms with Gasteiger partial charge in [0.05, 0.1) is 17.1 Å². The first-order chi connectivity index (χ1) is 13.2. The van der Waals surface area contributed by atoms with Crippen LogP contribution in [-0.2, 0) is 17.6 Å². The summed E-state index contributed by atoms with van der Waals surface area (Å²) in [6, 6.07) is 9.82. The van der Waals surface area contributed by atoms with Crippen LogP contribution in [-0.4, -0.2) is 26.6 Å². The Morgan fingerprint density at radius 3 is 2.85 bits per heavy atom. The van der Waals surface area contributed by atoms with E-state index in [1.54, 1.807) is 0 Å². The number of carbonyl (C=O) groups excluding carboxylic acids is 1. The normalized spacial score (nSPS) is 13.2.